The third-order valence-electron chi connectivity index (χ3n) is 10.8. The van der Waals surface area contributed by atoms with Gasteiger partial charge in [-0.1, -0.05) is 59.8 Å². The normalized spacial score (nSPS) is 25.8. The molecule has 0 bridgehead atoms. The van der Waals surface area contributed by atoms with Crippen molar-refractivity contribution in [3.8, 4) is 0 Å². The predicted molar refractivity (Wildman–Crippen MR) is 185 cm³/mol. The topological polar surface area (TPSA) is 178 Å². The minimum atomic E-state index is -0.983. The van der Waals surface area contributed by atoms with Gasteiger partial charge in [-0.3, -0.25) is 38.8 Å². The van der Waals surface area contributed by atoms with Crippen LogP contribution in [0.25, 0.3) is 0 Å². The van der Waals surface area contributed by atoms with Crippen LogP contribution in [0.2, 0.25) is 0 Å². The summed E-state index contributed by atoms with van der Waals surface area (Å²) in [6.45, 7) is 8.81. The summed E-state index contributed by atoms with van der Waals surface area (Å²) in [4.78, 5) is 91.8. The van der Waals surface area contributed by atoms with Crippen molar-refractivity contribution < 1.29 is 28.8 Å². The van der Waals surface area contributed by atoms with Crippen LogP contribution < -0.4 is 21.3 Å². The van der Waals surface area contributed by atoms with E-state index < -0.39 is 59.0 Å². The summed E-state index contributed by atoms with van der Waals surface area (Å²) in [7, 11) is 0. The Morgan fingerprint density at radius 3 is 2.27 bits per heavy atom. The maximum atomic E-state index is 14.6. The lowest BCUT2D eigenvalue weighted by atomic mass is 9.82. The highest BCUT2D eigenvalue weighted by Gasteiger charge is 2.52. The molecular weight excluding hydrogens is 626 g/mol. The minimum absolute atomic E-state index is 0.0158. The molecular formula is C36H55N7O6. The zero-order valence-corrected chi connectivity index (χ0v) is 29.6. The summed E-state index contributed by atoms with van der Waals surface area (Å²) >= 11 is 0. The number of carbonyl (C=O) groups excluding carboxylic acids is 6. The lowest BCUT2D eigenvalue weighted by Gasteiger charge is -2.38. The van der Waals surface area contributed by atoms with Gasteiger partial charge in [-0.2, -0.15) is 0 Å². The summed E-state index contributed by atoms with van der Waals surface area (Å²) < 4.78 is 0. The number of hydrogen-bond donors (Lipinski definition) is 4. The minimum Gasteiger partial charge on any atom is -0.347 e. The van der Waals surface area contributed by atoms with Crippen molar-refractivity contribution >= 4 is 47.2 Å². The van der Waals surface area contributed by atoms with Gasteiger partial charge in [0.2, 0.25) is 23.5 Å². The van der Waals surface area contributed by atoms with E-state index in [2.05, 4.69) is 31.3 Å². The Bertz CT molecular complexity index is 1350. The van der Waals surface area contributed by atoms with E-state index in [4.69, 9.17) is 0 Å². The van der Waals surface area contributed by atoms with Crippen LogP contribution in [0.3, 0.4) is 0 Å². The van der Waals surface area contributed by atoms with E-state index in [1.54, 1.807) is 4.90 Å². The van der Waals surface area contributed by atoms with E-state index >= 15 is 0 Å². The third kappa shape index (κ3) is 8.94. The van der Waals surface area contributed by atoms with Crippen LogP contribution >= 0.6 is 0 Å². The average molecular weight is 682 g/mol. The van der Waals surface area contributed by atoms with Crippen LogP contribution in [-0.4, -0.2) is 102 Å². The highest BCUT2D eigenvalue weighted by molar-refractivity contribution is 6.61. The molecule has 5 amide bonds. The Labute approximate surface area is 289 Å². The Morgan fingerprint density at radius 2 is 1.63 bits per heavy atom. The van der Waals surface area contributed by atoms with Gasteiger partial charge in [0.15, 0.2) is 0 Å². The summed E-state index contributed by atoms with van der Waals surface area (Å²) in [5.41, 5.74) is -0.542. The van der Waals surface area contributed by atoms with E-state index in [9.17, 15) is 28.8 Å². The van der Waals surface area contributed by atoms with Gasteiger partial charge in [0.1, 0.15) is 23.8 Å². The van der Waals surface area contributed by atoms with Crippen LogP contribution in [0.5, 0.6) is 0 Å². The molecule has 1 saturated heterocycles. The molecule has 2 aliphatic heterocycles. The number of Topliss-reactive ketones (excluding diaryl/α,β-unsaturated/α-hetero) is 1. The molecule has 3 aliphatic carbocycles. The van der Waals surface area contributed by atoms with Crippen molar-refractivity contribution in [2.45, 2.75) is 135 Å². The van der Waals surface area contributed by atoms with Gasteiger partial charge in [0.05, 0.1) is 25.3 Å². The number of rotatable bonds is 13. The lowest BCUT2D eigenvalue weighted by molar-refractivity contribution is -0.146. The number of amides is 5. The molecule has 0 aromatic rings. The van der Waals surface area contributed by atoms with Crippen LogP contribution in [0.4, 0.5) is 0 Å². The van der Waals surface area contributed by atoms with Crippen LogP contribution in [0, 0.1) is 23.2 Å². The molecule has 13 nitrogen and oxygen atoms in total. The van der Waals surface area contributed by atoms with Gasteiger partial charge < -0.3 is 26.2 Å². The monoisotopic (exact) mass is 681 g/mol. The summed E-state index contributed by atoms with van der Waals surface area (Å²) in [6.07, 6.45) is 11.1. The highest BCUT2D eigenvalue weighted by atomic mass is 16.2. The largest absolute Gasteiger partial charge is 0.347 e. The first kappa shape index (κ1) is 36.6. The van der Waals surface area contributed by atoms with Gasteiger partial charge in [0, 0.05) is 12.6 Å². The summed E-state index contributed by atoms with van der Waals surface area (Å²) in [6, 6.07) is -3.63. The number of likely N-dealkylation sites (tertiary alicyclic amines) is 1. The molecule has 49 heavy (non-hydrogen) atoms. The molecule has 0 aromatic heterocycles. The van der Waals surface area contributed by atoms with Gasteiger partial charge >= 0.3 is 0 Å². The first-order chi connectivity index (χ1) is 23.4. The Morgan fingerprint density at radius 1 is 0.898 bits per heavy atom. The first-order valence-corrected chi connectivity index (χ1v) is 18.5. The van der Waals surface area contributed by atoms with Crippen molar-refractivity contribution in [3.63, 3.8) is 0 Å². The smallest absolute Gasteiger partial charge is 0.289 e. The molecule has 13 heteroatoms. The summed E-state index contributed by atoms with van der Waals surface area (Å²) in [5, 5.41) is 11.5. The number of nitrogens with one attached hydrogen (secondary N) is 4. The second kappa shape index (κ2) is 15.9. The van der Waals surface area contributed by atoms with Crippen molar-refractivity contribution in [1.29, 1.82) is 0 Å². The second-order valence-electron chi connectivity index (χ2n) is 15.7. The molecule has 0 spiro atoms. The molecule has 4 N–H and O–H groups in total. The van der Waals surface area contributed by atoms with E-state index in [1.165, 1.54) is 6.21 Å². The zero-order valence-electron chi connectivity index (χ0n) is 29.6. The second-order valence-corrected chi connectivity index (χ2v) is 15.7. The quantitative estimate of drug-likeness (QED) is 0.216. The van der Waals surface area contributed by atoms with Gasteiger partial charge in [0.25, 0.3) is 11.8 Å². The van der Waals surface area contributed by atoms with Crippen molar-refractivity contribution in [3.05, 3.63) is 0 Å². The van der Waals surface area contributed by atoms with Crippen LogP contribution in [0.15, 0.2) is 9.98 Å². The molecule has 3 saturated carbocycles. The number of aliphatic imine (C=N–C) groups is 2. The molecule has 0 radical (unpaired) electrons. The summed E-state index contributed by atoms with van der Waals surface area (Å²) in [5.74, 6) is -3.08. The Kier molecular flexibility index (Phi) is 11.9. The molecule has 4 fully saturated rings. The average Bonchev–Trinajstić information content (AvgIpc) is 3.65. The van der Waals surface area contributed by atoms with Gasteiger partial charge in [-0.05, 0) is 68.1 Å². The van der Waals surface area contributed by atoms with E-state index in [0.29, 0.717) is 32.5 Å². The molecule has 5 rings (SSSR count). The molecule has 0 unspecified atom stereocenters. The van der Waals surface area contributed by atoms with Gasteiger partial charge in [-0.15, -0.1) is 0 Å². The zero-order chi connectivity index (χ0) is 35.3. The van der Waals surface area contributed by atoms with Gasteiger partial charge in [-0.25, -0.2) is 0 Å². The molecule has 2 heterocycles. The SMILES string of the molecule is CCC[C@H](NC(=O)[C@@H]1[C@H]2CCC[C@H]2CN1C(=O)[C@H](NC(=O)[C@@H](NC(=O)C1=NCCN=C1)C1CCCCC1)C(C)(C)C)C(=O)C(=O)NC1CC1. The third-order valence-corrected chi connectivity index (χ3v) is 10.8. The predicted octanol–water partition coefficient (Wildman–Crippen LogP) is 1.87. The van der Waals surface area contributed by atoms with E-state index in [0.717, 1.165) is 64.2 Å². The molecule has 5 aliphatic rings. The van der Waals surface area contributed by atoms with Crippen molar-refractivity contribution in [2.75, 3.05) is 19.6 Å². The molecule has 270 valence electrons. The van der Waals surface area contributed by atoms with E-state index in [1.807, 2.05) is 27.7 Å². The number of fused-ring (bicyclic) bond motifs is 1. The van der Waals surface area contributed by atoms with E-state index in [-0.39, 0.29) is 35.4 Å². The highest BCUT2D eigenvalue weighted by Crippen LogP contribution is 2.43. The number of hydrogen-bond acceptors (Lipinski definition) is 8. The fourth-order valence-electron chi connectivity index (χ4n) is 8.00. The lowest BCUT2D eigenvalue weighted by Crippen LogP contribution is -2.62. The van der Waals surface area contributed by atoms with Crippen LogP contribution in [0.1, 0.15) is 105 Å². The standard InChI is InChI=1S/C36H55N7O6/c1-5-10-25(29(44)34(48)39-23-15-16-23)40-33(47)28-24-14-9-13-22(24)20-43(28)35(49)30(36(2,3)4)42-32(46)27(21-11-7-6-8-12-21)41-31(45)26-19-37-17-18-38-26/h19,21-25,27-28,30H,5-18,20H2,1-4H3,(H,39,48)(H,40,47)(H,41,45)(H,42,46)/t22-,24-,25-,27-,28-,30-/m0/s1. The Balaban J connectivity index is 1.35. The van der Waals surface area contributed by atoms with Crippen LogP contribution in [-0.2, 0) is 28.8 Å². The Hall–Kier alpha value is -3.64. The maximum absolute atomic E-state index is 14.6. The van der Waals surface area contributed by atoms with Crippen molar-refractivity contribution in [1.82, 2.24) is 26.2 Å². The van der Waals surface area contributed by atoms with Crippen molar-refractivity contribution in [2.24, 2.45) is 33.2 Å². The maximum Gasteiger partial charge on any atom is 0.289 e. The number of ketones is 1. The molecule has 6 atom stereocenters. The fourth-order valence-corrected chi connectivity index (χ4v) is 8.00. The fraction of sp³-hybridized carbons (Fsp3) is 0.778. The number of nitrogens with zero attached hydrogens (tertiary/aromatic N) is 3. The number of carbonyl (C=O) groups is 6. The molecule has 0 aromatic carbocycles. The first-order valence-electron chi connectivity index (χ1n) is 18.5.